The Hall–Kier alpha value is -4.25. The molecule has 1 fully saturated rings. The second kappa shape index (κ2) is 12.1. The maximum atomic E-state index is 12.4. The van der Waals surface area contributed by atoms with Gasteiger partial charge in [0.2, 0.25) is 0 Å². The molecule has 0 atom stereocenters. The third-order valence-electron chi connectivity index (χ3n) is 6.04. The van der Waals surface area contributed by atoms with Crippen molar-refractivity contribution in [1.82, 2.24) is 0 Å². The van der Waals surface area contributed by atoms with Gasteiger partial charge in [-0.2, -0.15) is 0 Å². The highest BCUT2D eigenvalue weighted by atomic mass is 19.4. The van der Waals surface area contributed by atoms with Crippen LogP contribution in [0.15, 0.2) is 78.0 Å². The second-order valence-corrected chi connectivity index (χ2v) is 8.88. The van der Waals surface area contributed by atoms with Crippen molar-refractivity contribution < 1.29 is 46.9 Å². The highest BCUT2D eigenvalue weighted by Gasteiger charge is 2.42. The van der Waals surface area contributed by atoms with Gasteiger partial charge < -0.3 is 28.9 Å². The maximum Gasteiger partial charge on any atom is 0.573 e. The minimum Gasteiger partial charge on any atom is -0.489 e. The van der Waals surface area contributed by atoms with Crippen molar-refractivity contribution in [3.05, 3.63) is 89.5 Å². The lowest BCUT2D eigenvalue weighted by molar-refractivity contribution is -0.274. The highest BCUT2D eigenvalue weighted by Crippen LogP contribution is 2.36. The van der Waals surface area contributed by atoms with E-state index in [1.807, 2.05) is 36.4 Å². The number of nitrogens with zero attached hydrogens (tertiary/aromatic N) is 1. The predicted molar refractivity (Wildman–Crippen MR) is 134 cm³/mol. The lowest BCUT2D eigenvalue weighted by atomic mass is 9.76. The van der Waals surface area contributed by atoms with Crippen molar-refractivity contribution in [1.29, 1.82) is 0 Å². The molecule has 0 aliphatic carbocycles. The Labute approximate surface area is 222 Å². The van der Waals surface area contributed by atoms with Crippen LogP contribution < -0.4 is 14.2 Å². The van der Waals surface area contributed by atoms with E-state index in [1.54, 1.807) is 12.1 Å². The van der Waals surface area contributed by atoms with Crippen molar-refractivity contribution in [3.63, 3.8) is 0 Å². The van der Waals surface area contributed by atoms with Crippen LogP contribution in [-0.4, -0.2) is 50.1 Å². The quantitative estimate of drug-likeness (QED) is 0.243. The number of carboxylic acid groups (broad SMARTS) is 1. The summed E-state index contributed by atoms with van der Waals surface area (Å²) in [4.78, 5) is 16.1. The molecule has 0 aromatic heterocycles. The van der Waals surface area contributed by atoms with E-state index in [4.69, 9.17) is 19.0 Å². The molecule has 8 nitrogen and oxygen atoms in total. The molecule has 1 aliphatic heterocycles. The summed E-state index contributed by atoms with van der Waals surface area (Å²) in [6.45, 7) is 1.10. The molecule has 0 unspecified atom stereocenters. The van der Waals surface area contributed by atoms with E-state index in [1.165, 1.54) is 31.4 Å². The fourth-order valence-corrected chi connectivity index (χ4v) is 4.04. The van der Waals surface area contributed by atoms with Crippen molar-refractivity contribution in [2.24, 2.45) is 5.16 Å². The summed E-state index contributed by atoms with van der Waals surface area (Å²) in [7, 11) is 1.36. The largest absolute Gasteiger partial charge is 0.573 e. The van der Waals surface area contributed by atoms with Gasteiger partial charge in [-0.05, 0) is 59.7 Å². The summed E-state index contributed by atoms with van der Waals surface area (Å²) in [6.07, 6.45) is -4.75. The summed E-state index contributed by atoms with van der Waals surface area (Å²) in [5, 5.41) is 13.1. The molecule has 1 aliphatic rings. The van der Waals surface area contributed by atoms with Crippen molar-refractivity contribution >= 4 is 11.7 Å². The van der Waals surface area contributed by atoms with Gasteiger partial charge in [0, 0.05) is 5.56 Å². The average Bonchev–Trinajstić information content (AvgIpc) is 2.88. The van der Waals surface area contributed by atoms with Gasteiger partial charge in [-0.3, -0.25) is 4.79 Å². The van der Waals surface area contributed by atoms with E-state index in [2.05, 4.69) is 9.89 Å². The van der Waals surface area contributed by atoms with E-state index < -0.39 is 17.7 Å². The minimum absolute atomic E-state index is 0.0175. The number of carboxylic acids is 1. The Morgan fingerprint density at radius 2 is 1.51 bits per heavy atom. The number of halogens is 3. The molecule has 4 rings (SSSR count). The topological polar surface area (TPSA) is 95.8 Å². The summed E-state index contributed by atoms with van der Waals surface area (Å²) < 4.78 is 57.9. The van der Waals surface area contributed by atoms with Gasteiger partial charge in [-0.1, -0.05) is 29.4 Å². The molecule has 1 N–H and O–H groups in total. The first-order valence-electron chi connectivity index (χ1n) is 11.9. The van der Waals surface area contributed by atoms with Crippen LogP contribution in [-0.2, 0) is 26.4 Å². The highest BCUT2D eigenvalue weighted by molar-refractivity contribution is 6.01. The summed E-state index contributed by atoms with van der Waals surface area (Å²) in [6, 6.07) is 19.8. The average molecular weight is 546 g/mol. The Kier molecular flexibility index (Phi) is 8.60. The van der Waals surface area contributed by atoms with Crippen LogP contribution in [0.25, 0.3) is 0 Å². The third kappa shape index (κ3) is 7.64. The first-order chi connectivity index (χ1) is 18.7. The van der Waals surface area contributed by atoms with Crippen molar-refractivity contribution in [2.75, 3.05) is 26.9 Å². The molecular weight excluding hydrogens is 519 g/mol. The SMILES string of the molecule is CON=C(COc1ccc(COc2ccc(C3(CC(=O)O)COC3)cc2)cc1)c1ccc(OC(F)(F)F)cc1. The van der Waals surface area contributed by atoms with Gasteiger partial charge in [0.05, 0.1) is 25.0 Å². The molecule has 206 valence electrons. The number of hydrogen-bond donors (Lipinski definition) is 1. The molecule has 3 aromatic carbocycles. The first kappa shape index (κ1) is 27.8. The summed E-state index contributed by atoms with van der Waals surface area (Å²) >= 11 is 0. The molecule has 3 aromatic rings. The number of alkyl halides is 3. The number of carbonyl (C=O) groups is 1. The Bertz CT molecular complexity index is 1270. The van der Waals surface area contributed by atoms with Crippen LogP contribution in [0.2, 0.25) is 0 Å². The zero-order valence-electron chi connectivity index (χ0n) is 20.9. The van der Waals surface area contributed by atoms with Gasteiger partial charge >= 0.3 is 12.3 Å². The Morgan fingerprint density at radius 3 is 2.05 bits per heavy atom. The van der Waals surface area contributed by atoms with E-state index in [9.17, 15) is 23.1 Å². The molecule has 0 amide bonds. The molecule has 1 saturated heterocycles. The monoisotopic (exact) mass is 545 g/mol. The van der Waals surface area contributed by atoms with Crippen LogP contribution in [0.1, 0.15) is 23.1 Å². The van der Waals surface area contributed by atoms with Gasteiger partial charge in [0.15, 0.2) is 0 Å². The molecule has 11 heteroatoms. The molecule has 0 radical (unpaired) electrons. The Balaban J connectivity index is 1.29. The van der Waals surface area contributed by atoms with Crippen LogP contribution >= 0.6 is 0 Å². The number of hydrogen-bond acceptors (Lipinski definition) is 7. The fraction of sp³-hybridized carbons (Fsp3) is 0.286. The molecule has 0 bridgehead atoms. The number of rotatable bonds is 12. The molecular formula is C28H26F3NO7. The first-order valence-corrected chi connectivity index (χ1v) is 11.9. The van der Waals surface area contributed by atoms with E-state index in [0.717, 1.165) is 11.1 Å². The number of aliphatic carboxylic acids is 1. The summed E-state index contributed by atoms with van der Waals surface area (Å²) in [5.74, 6) is 0.00173. The maximum absolute atomic E-state index is 12.4. The smallest absolute Gasteiger partial charge is 0.489 e. The van der Waals surface area contributed by atoms with Crippen LogP contribution in [0.5, 0.6) is 17.2 Å². The van der Waals surface area contributed by atoms with Crippen molar-refractivity contribution in [2.45, 2.75) is 24.8 Å². The van der Waals surface area contributed by atoms with E-state index in [-0.39, 0.29) is 18.8 Å². The van der Waals surface area contributed by atoms with Gasteiger partial charge in [-0.15, -0.1) is 13.2 Å². The van der Waals surface area contributed by atoms with Crippen LogP contribution in [0, 0.1) is 0 Å². The molecule has 1 heterocycles. The zero-order chi connectivity index (χ0) is 27.9. The molecule has 0 spiro atoms. The van der Waals surface area contributed by atoms with Gasteiger partial charge in [0.25, 0.3) is 0 Å². The van der Waals surface area contributed by atoms with Gasteiger partial charge in [0.1, 0.15) is 43.3 Å². The van der Waals surface area contributed by atoms with Crippen LogP contribution in [0.4, 0.5) is 13.2 Å². The zero-order valence-corrected chi connectivity index (χ0v) is 20.9. The molecule has 0 saturated carbocycles. The predicted octanol–water partition coefficient (Wildman–Crippen LogP) is 5.34. The van der Waals surface area contributed by atoms with Crippen molar-refractivity contribution in [3.8, 4) is 17.2 Å². The molecule has 39 heavy (non-hydrogen) atoms. The number of ether oxygens (including phenoxy) is 4. The minimum atomic E-state index is -4.77. The van der Waals surface area contributed by atoms with E-state index in [0.29, 0.717) is 42.6 Å². The lowest BCUT2D eigenvalue weighted by Crippen LogP contribution is -2.48. The standard InChI is InChI=1S/C28H26F3NO7/c1-35-32-25(20-4-10-24(11-5-20)39-28(29,30)31)16-38-22-8-2-19(3-9-22)15-37-23-12-6-21(7-13-23)27(14-26(33)34)17-36-18-27/h2-13H,14-18H2,1H3,(H,33,34). The third-order valence-corrected chi connectivity index (χ3v) is 6.04. The van der Waals surface area contributed by atoms with E-state index >= 15 is 0 Å². The lowest BCUT2D eigenvalue weighted by Gasteiger charge is -2.40. The fourth-order valence-electron chi connectivity index (χ4n) is 4.04. The normalized spacial score (nSPS) is 14.7. The Morgan fingerprint density at radius 1 is 0.923 bits per heavy atom. The second-order valence-electron chi connectivity index (χ2n) is 8.88. The number of benzene rings is 3. The van der Waals surface area contributed by atoms with Crippen LogP contribution in [0.3, 0.4) is 0 Å². The number of oxime groups is 1. The van der Waals surface area contributed by atoms with Gasteiger partial charge in [-0.25, -0.2) is 0 Å². The summed E-state index contributed by atoms with van der Waals surface area (Å²) in [5.41, 5.74) is 2.21.